The van der Waals surface area contributed by atoms with Crippen molar-refractivity contribution >= 4 is 5.78 Å². The van der Waals surface area contributed by atoms with Crippen LogP contribution in [0.25, 0.3) is 0 Å². The van der Waals surface area contributed by atoms with E-state index in [9.17, 15) is 4.79 Å². The molecule has 0 unspecified atom stereocenters. The average Bonchev–Trinajstić information content (AvgIpc) is 2.53. The number of carbonyl (C=O) groups excluding carboxylic acids is 1. The minimum atomic E-state index is -0.0978. The first-order valence-corrected chi connectivity index (χ1v) is 6.37. The third-order valence-corrected chi connectivity index (χ3v) is 3.14. The van der Waals surface area contributed by atoms with Gasteiger partial charge in [-0.05, 0) is 6.07 Å². The van der Waals surface area contributed by atoms with Gasteiger partial charge in [-0.15, -0.1) is 0 Å². The van der Waals surface area contributed by atoms with E-state index in [-0.39, 0.29) is 5.78 Å². The Kier molecular flexibility index (Phi) is 3.29. The van der Waals surface area contributed by atoms with Crippen LogP contribution in [-0.4, -0.2) is 26.1 Å². The summed E-state index contributed by atoms with van der Waals surface area (Å²) in [6.07, 6.45) is 0. The van der Waals surface area contributed by atoms with Crippen molar-refractivity contribution < 1.29 is 19.0 Å². The zero-order valence-corrected chi connectivity index (χ0v) is 11.1. The lowest BCUT2D eigenvalue weighted by atomic mass is 10.0. The fourth-order valence-electron chi connectivity index (χ4n) is 2.16. The van der Waals surface area contributed by atoms with E-state index in [1.807, 2.05) is 18.2 Å². The largest absolute Gasteiger partial charge is 0.496 e. The van der Waals surface area contributed by atoms with Crippen molar-refractivity contribution in [1.82, 2.24) is 0 Å². The smallest absolute Gasteiger partial charge is 0.196 e. The molecule has 4 nitrogen and oxygen atoms in total. The quantitative estimate of drug-likeness (QED) is 0.804. The number of benzene rings is 2. The van der Waals surface area contributed by atoms with E-state index in [0.717, 1.165) is 0 Å². The van der Waals surface area contributed by atoms with E-state index < -0.39 is 0 Å². The maximum absolute atomic E-state index is 12.5. The molecular weight excluding hydrogens is 256 g/mol. The third kappa shape index (κ3) is 2.20. The number of hydrogen-bond acceptors (Lipinski definition) is 4. The lowest BCUT2D eigenvalue weighted by molar-refractivity contribution is 0.103. The first kappa shape index (κ1) is 12.5. The van der Waals surface area contributed by atoms with Gasteiger partial charge in [0.15, 0.2) is 17.3 Å². The van der Waals surface area contributed by atoms with E-state index in [1.54, 1.807) is 24.3 Å². The summed E-state index contributed by atoms with van der Waals surface area (Å²) in [4.78, 5) is 12.5. The topological polar surface area (TPSA) is 44.8 Å². The summed E-state index contributed by atoms with van der Waals surface area (Å²) in [5, 5.41) is 0. The number of fused-ring (bicyclic) bond motifs is 1. The Morgan fingerprint density at radius 1 is 1.05 bits per heavy atom. The second kappa shape index (κ2) is 5.25. The highest BCUT2D eigenvalue weighted by atomic mass is 16.6. The Hall–Kier alpha value is -2.49. The number of carbonyl (C=O) groups is 1. The van der Waals surface area contributed by atoms with Crippen molar-refractivity contribution in [3.05, 3.63) is 53.6 Å². The van der Waals surface area contributed by atoms with Gasteiger partial charge in [0.05, 0.1) is 12.7 Å². The average molecular weight is 270 g/mol. The molecule has 0 aromatic heterocycles. The van der Waals surface area contributed by atoms with Crippen molar-refractivity contribution in [2.75, 3.05) is 20.3 Å². The second-order valence-corrected chi connectivity index (χ2v) is 4.39. The zero-order valence-electron chi connectivity index (χ0n) is 11.1. The van der Waals surface area contributed by atoms with Gasteiger partial charge in [-0.2, -0.15) is 0 Å². The van der Waals surface area contributed by atoms with Crippen molar-refractivity contribution in [2.45, 2.75) is 0 Å². The molecule has 1 heterocycles. The van der Waals surface area contributed by atoms with Gasteiger partial charge in [0.1, 0.15) is 19.0 Å². The number of rotatable bonds is 3. The summed E-state index contributed by atoms with van der Waals surface area (Å²) in [5.41, 5.74) is 1.09. The predicted octanol–water partition coefficient (Wildman–Crippen LogP) is 2.70. The van der Waals surface area contributed by atoms with Crippen LogP contribution in [0.3, 0.4) is 0 Å². The maximum atomic E-state index is 12.5. The Labute approximate surface area is 116 Å². The van der Waals surface area contributed by atoms with Gasteiger partial charge in [0.2, 0.25) is 0 Å². The Morgan fingerprint density at radius 2 is 1.70 bits per heavy atom. The Bertz CT molecular complexity index is 634. The Balaban J connectivity index is 2.06. The minimum absolute atomic E-state index is 0.0978. The van der Waals surface area contributed by atoms with Gasteiger partial charge in [0, 0.05) is 11.6 Å². The highest BCUT2D eigenvalue weighted by molar-refractivity contribution is 6.11. The van der Waals surface area contributed by atoms with Crippen LogP contribution < -0.4 is 14.2 Å². The van der Waals surface area contributed by atoms with Gasteiger partial charge in [-0.25, -0.2) is 0 Å². The molecule has 0 saturated carbocycles. The molecule has 0 radical (unpaired) electrons. The maximum Gasteiger partial charge on any atom is 0.196 e. The zero-order chi connectivity index (χ0) is 13.9. The summed E-state index contributed by atoms with van der Waals surface area (Å²) in [6, 6.07) is 12.5. The molecule has 20 heavy (non-hydrogen) atoms. The number of ether oxygens (including phenoxy) is 3. The van der Waals surface area contributed by atoms with Gasteiger partial charge in [-0.3, -0.25) is 4.79 Å². The molecule has 0 N–H and O–H groups in total. The van der Waals surface area contributed by atoms with Crippen LogP contribution in [0.4, 0.5) is 0 Å². The van der Waals surface area contributed by atoms with E-state index >= 15 is 0 Å². The van der Waals surface area contributed by atoms with Gasteiger partial charge < -0.3 is 14.2 Å². The SMILES string of the molecule is COc1cc2c(cc1C(=O)c1ccccc1)OCCO2. The van der Waals surface area contributed by atoms with Crippen LogP contribution in [-0.2, 0) is 0 Å². The van der Waals surface area contributed by atoms with Gasteiger partial charge >= 0.3 is 0 Å². The molecule has 102 valence electrons. The molecular formula is C16H14O4. The van der Waals surface area contributed by atoms with Crippen LogP contribution in [0.5, 0.6) is 17.2 Å². The highest BCUT2D eigenvalue weighted by Gasteiger charge is 2.21. The molecule has 0 bridgehead atoms. The predicted molar refractivity (Wildman–Crippen MR) is 73.9 cm³/mol. The van der Waals surface area contributed by atoms with Gasteiger partial charge in [-0.1, -0.05) is 30.3 Å². The molecule has 0 amide bonds. The number of hydrogen-bond donors (Lipinski definition) is 0. The van der Waals surface area contributed by atoms with Crippen LogP contribution in [0, 0.1) is 0 Å². The molecule has 1 aliphatic rings. The lowest BCUT2D eigenvalue weighted by Crippen LogP contribution is -2.16. The van der Waals surface area contributed by atoms with Crippen molar-refractivity contribution in [1.29, 1.82) is 0 Å². The molecule has 3 rings (SSSR count). The first-order chi connectivity index (χ1) is 9.79. The molecule has 0 spiro atoms. The summed E-state index contributed by atoms with van der Waals surface area (Å²) < 4.78 is 16.3. The lowest BCUT2D eigenvalue weighted by Gasteiger charge is -2.20. The molecule has 2 aromatic rings. The highest BCUT2D eigenvalue weighted by Crippen LogP contribution is 2.37. The molecule has 2 aromatic carbocycles. The molecule has 0 aliphatic carbocycles. The van der Waals surface area contributed by atoms with Crippen molar-refractivity contribution in [3.8, 4) is 17.2 Å². The molecule has 1 aliphatic heterocycles. The molecule has 4 heteroatoms. The number of methoxy groups -OCH3 is 1. The normalized spacial score (nSPS) is 12.8. The third-order valence-electron chi connectivity index (χ3n) is 3.14. The fourth-order valence-corrected chi connectivity index (χ4v) is 2.16. The van der Waals surface area contributed by atoms with Crippen LogP contribution in [0.1, 0.15) is 15.9 Å². The monoisotopic (exact) mass is 270 g/mol. The first-order valence-electron chi connectivity index (χ1n) is 6.37. The van der Waals surface area contributed by atoms with E-state index in [1.165, 1.54) is 7.11 Å². The molecule has 0 saturated heterocycles. The van der Waals surface area contributed by atoms with Crippen LogP contribution in [0.2, 0.25) is 0 Å². The van der Waals surface area contributed by atoms with E-state index in [0.29, 0.717) is 41.6 Å². The summed E-state index contributed by atoms with van der Waals surface area (Å²) in [7, 11) is 1.53. The molecule has 0 atom stereocenters. The van der Waals surface area contributed by atoms with E-state index in [2.05, 4.69) is 0 Å². The number of ketones is 1. The van der Waals surface area contributed by atoms with Crippen LogP contribution >= 0.6 is 0 Å². The second-order valence-electron chi connectivity index (χ2n) is 4.39. The summed E-state index contributed by atoms with van der Waals surface area (Å²) >= 11 is 0. The molecule has 0 fully saturated rings. The van der Waals surface area contributed by atoms with Crippen LogP contribution in [0.15, 0.2) is 42.5 Å². The summed E-state index contributed by atoms with van der Waals surface area (Å²) in [6.45, 7) is 0.987. The van der Waals surface area contributed by atoms with E-state index in [4.69, 9.17) is 14.2 Å². The van der Waals surface area contributed by atoms with Crippen molar-refractivity contribution in [3.63, 3.8) is 0 Å². The minimum Gasteiger partial charge on any atom is -0.496 e. The fraction of sp³-hybridized carbons (Fsp3) is 0.188. The van der Waals surface area contributed by atoms with Crippen molar-refractivity contribution in [2.24, 2.45) is 0 Å². The summed E-state index contributed by atoms with van der Waals surface area (Å²) in [5.74, 6) is 1.58. The Morgan fingerprint density at radius 3 is 2.35 bits per heavy atom. The standard InChI is InChI=1S/C16H14O4/c1-18-13-10-15-14(19-7-8-20-15)9-12(13)16(17)11-5-3-2-4-6-11/h2-6,9-10H,7-8H2,1H3. The van der Waals surface area contributed by atoms with Gasteiger partial charge in [0.25, 0.3) is 0 Å².